The Morgan fingerprint density at radius 1 is 0.698 bits per heavy atom. The van der Waals surface area contributed by atoms with Gasteiger partial charge in [-0.05, 0) is 88.3 Å². The summed E-state index contributed by atoms with van der Waals surface area (Å²) in [6.45, 7) is 6.06. The number of phenolic OH excluding ortho intramolecular Hbond substituents is 2. The molecule has 0 aliphatic rings. The number of rotatable bonds is 11. The number of hydrazone groups is 2. The van der Waals surface area contributed by atoms with Gasteiger partial charge >= 0.3 is 0 Å². The molecule has 0 aliphatic carbocycles. The van der Waals surface area contributed by atoms with E-state index < -0.39 is 5.91 Å². The number of fused-ring (bicyclic) bond motifs is 2. The first-order valence-electron chi connectivity index (χ1n) is 17.1. The molecule has 1 unspecified atom stereocenters. The molecule has 0 heterocycles. The second-order valence-corrected chi connectivity index (χ2v) is 13.2. The number of nitrogens with one attached hydrogen (secondary N) is 2. The minimum Gasteiger partial charge on any atom is -0.507 e. The zero-order chi connectivity index (χ0) is 37.7. The third kappa shape index (κ3) is 10.7. The Bertz CT molecular complexity index is 2240. The predicted molar refractivity (Wildman–Crippen MR) is 213 cm³/mol. The number of carbonyl (C=O) groups excluding carboxylic acids is 2. The maximum absolute atomic E-state index is 12.5. The summed E-state index contributed by atoms with van der Waals surface area (Å²) in [6, 6.07) is 37.1. The van der Waals surface area contributed by atoms with E-state index in [2.05, 4.69) is 47.0 Å². The van der Waals surface area contributed by atoms with Crippen LogP contribution >= 0.6 is 11.6 Å². The monoisotopic (exact) mass is 728 g/mol. The molecule has 1 atom stereocenters. The van der Waals surface area contributed by atoms with Crippen molar-refractivity contribution in [1.82, 2.24) is 10.9 Å². The first-order chi connectivity index (χ1) is 25.6. The largest absolute Gasteiger partial charge is 0.507 e. The molecule has 53 heavy (non-hydrogen) atoms. The number of amides is 2. The number of hydrogen-bond acceptors (Lipinski definition) is 7. The molecular formula is C43H41ClN4O5. The lowest BCUT2D eigenvalue weighted by atomic mass is 9.96. The van der Waals surface area contributed by atoms with Gasteiger partial charge in [-0.1, -0.05) is 110 Å². The van der Waals surface area contributed by atoms with E-state index >= 15 is 0 Å². The van der Waals surface area contributed by atoms with Crippen molar-refractivity contribution in [2.24, 2.45) is 16.1 Å². The lowest BCUT2D eigenvalue weighted by Gasteiger charge is -2.12. The van der Waals surface area contributed by atoms with E-state index in [1.807, 2.05) is 79.7 Å². The highest BCUT2D eigenvalue weighted by Gasteiger charge is 2.15. The van der Waals surface area contributed by atoms with Crippen LogP contribution in [0.15, 0.2) is 132 Å². The van der Waals surface area contributed by atoms with Crippen LogP contribution in [-0.4, -0.2) is 41.1 Å². The molecule has 6 rings (SSSR count). The van der Waals surface area contributed by atoms with Gasteiger partial charge in [-0.15, -0.1) is 0 Å². The molecule has 4 N–H and O–H groups in total. The molecule has 0 spiro atoms. The molecule has 10 heteroatoms. The van der Waals surface area contributed by atoms with Gasteiger partial charge in [0.15, 0.2) is 6.61 Å². The third-order valence-electron chi connectivity index (χ3n) is 8.35. The van der Waals surface area contributed by atoms with Gasteiger partial charge < -0.3 is 14.9 Å². The molecule has 2 amide bonds. The Kier molecular flexibility index (Phi) is 13.2. The fourth-order valence-corrected chi connectivity index (χ4v) is 5.67. The smallest absolute Gasteiger partial charge is 0.277 e. The molecule has 0 saturated carbocycles. The summed E-state index contributed by atoms with van der Waals surface area (Å²) >= 11 is 5.78. The fraction of sp³-hybridized carbons (Fsp3) is 0.163. The van der Waals surface area contributed by atoms with Gasteiger partial charge in [0, 0.05) is 16.1 Å². The van der Waals surface area contributed by atoms with Crippen LogP contribution in [-0.2, 0) is 16.0 Å². The Labute approximate surface area is 313 Å². The van der Waals surface area contributed by atoms with Gasteiger partial charge in [-0.2, -0.15) is 10.2 Å². The quantitative estimate of drug-likeness (QED) is 0.0783. The minimum absolute atomic E-state index is 0.0918. The average Bonchev–Trinajstić information content (AvgIpc) is 3.16. The highest BCUT2D eigenvalue weighted by atomic mass is 35.5. The summed E-state index contributed by atoms with van der Waals surface area (Å²) < 4.78 is 5.33. The van der Waals surface area contributed by atoms with Crippen molar-refractivity contribution in [3.8, 4) is 17.2 Å². The van der Waals surface area contributed by atoms with Gasteiger partial charge in [0.05, 0.1) is 18.3 Å². The average molecular weight is 729 g/mol. The number of carbonyl (C=O) groups is 2. The first kappa shape index (κ1) is 38.1. The van der Waals surface area contributed by atoms with Crippen molar-refractivity contribution in [2.75, 3.05) is 6.61 Å². The van der Waals surface area contributed by atoms with E-state index in [0.717, 1.165) is 33.5 Å². The van der Waals surface area contributed by atoms with E-state index in [4.69, 9.17) is 16.3 Å². The second-order valence-electron chi connectivity index (χ2n) is 12.8. The summed E-state index contributed by atoms with van der Waals surface area (Å²) in [5, 5.41) is 32.4. The second kappa shape index (κ2) is 18.3. The fourth-order valence-electron chi connectivity index (χ4n) is 5.54. The van der Waals surface area contributed by atoms with Gasteiger partial charge in [0.1, 0.15) is 17.2 Å². The molecule has 0 fully saturated rings. The maximum atomic E-state index is 12.5. The highest BCUT2D eigenvalue weighted by molar-refractivity contribution is 6.30. The van der Waals surface area contributed by atoms with Crippen LogP contribution in [0.5, 0.6) is 17.2 Å². The maximum Gasteiger partial charge on any atom is 0.277 e. The van der Waals surface area contributed by atoms with E-state index in [1.165, 1.54) is 18.0 Å². The van der Waals surface area contributed by atoms with Crippen LogP contribution < -0.4 is 15.6 Å². The standard InChI is InChI=1S/C24H26N2O2.C19H15ClN2O3/c1-16(2)14-18-8-10-19(11-9-18)17(3)24(28)26-25-15-22-21-7-5-4-6-20(21)12-13-23(22)27;20-14-6-8-15(9-7-14)25-12-19(24)22-21-11-17-16-4-2-1-3-13(16)5-10-18(17)23/h4-13,15-17,27H,14H2,1-3H3,(H,26,28);1-11,23H,12H2,(H,22,24)/b25-15-;21-11-. The van der Waals surface area contributed by atoms with Crippen molar-refractivity contribution in [1.29, 1.82) is 0 Å². The summed E-state index contributed by atoms with van der Waals surface area (Å²) in [4.78, 5) is 24.2. The van der Waals surface area contributed by atoms with Gasteiger partial charge in [0.25, 0.3) is 5.91 Å². The zero-order valence-corrected chi connectivity index (χ0v) is 30.4. The van der Waals surface area contributed by atoms with Crippen molar-refractivity contribution < 1.29 is 24.5 Å². The van der Waals surface area contributed by atoms with Crippen LogP contribution in [0.4, 0.5) is 0 Å². The predicted octanol–water partition coefficient (Wildman–Crippen LogP) is 8.73. The molecule has 0 saturated heterocycles. The third-order valence-corrected chi connectivity index (χ3v) is 8.60. The normalized spacial score (nSPS) is 11.8. The number of benzene rings is 6. The van der Waals surface area contributed by atoms with Crippen molar-refractivity contribution in [3.63, 3.8) is 0 Å². The minimum atomic E-state index is -0.411. The van der Waals surface area contributed by atoms with Crippen LogP contribution in [0.3, 0.4) is 0 Å². The molecule has 0 radical (unpaired) electrons. The van der Waals surface area contributed by atoms with Crippen LogP contribution in [0.25, 0.3) is 21.5 Å². The summed E-state index contributed by atoms with van der Waals surface area (Å²) in [6.07, 6.45) is 3.94. The first-order valence-corrected chi connectivity index (χ1v) is 17.5. The van der Waals surface area contributed by atoms with Crippen molar-refractivity contribution in [2.45, 2.75) is 33.1 Å². The van der Waals surface area contributed by atoms with Crippen molar-refractivity contribution >= 4 is 57.4 Å². The summed E-state index contributed by atoms with van der Waals surface area (Å²) in [5.41, 5.74) is 8.31. The van der Waals surface area contributed by atoms with Gasteiger partial charge in [0.2, 0.25) is 5.91 Å². The summed E-state index contributed by atoms with van der Waals surface area (Å²) in [7, 11) is 0. The Hall–Kier alpha value is -6.19. The molecule has 270 valence electrons. The Morgan fingerprint density at radius 2 is 1.23 bits per heavy atom. The Balaban J connectivity index is 0.000000206. The van der Waals surface area contributed by atoms with Gasteiger partial charge in [-0.3, -0.25) is 9.59 Å². The number of ether oxygens (including phenoxy) is 1. The molecule has 6 aromatic carbocycles. The van der Waals surface area contributed by atoms with Crippen LogP contribution in [0, 0.1) is 5.92 Å². The number of nitrogens with zero attached hydrogens (tertiary/aromatic N) is 2. The number of hydrogen-bond donors (Lipinski definition) is 4. The van der Waals surface area contributed by atoms with E-state index in [1.54, 1.807) is 36.4 Å². The number of halogens is 1. The molecule has 6 aromatic rings. The SMILES string of the molecule is CC(C)Cc1ccc(C(C)C(=O)N/N=C\c2c(O)ccc3ccccc23)cc1.O=C(COc1ccc(Cl)cc1)N/N=C\c1c(O)ccc2ccccc12. The summed E-state index contributed by atoms with van der Waals surface area (Å²) in [5.74, 6) is 0.450. The zero-order valence-electron chi connectivity index (χ0n) is 29.7. The van der Waals surface area contributed by atoms with E-state index in [-0.39, 0.29) is 29.9 Å². The van der Waals surface area contributed by atoms with Crippen LogP contribution in [0.2, 0.25) is 5.02 Å². The molecule has 0 aromatic heterocycles. The van der Waals surface area contributed by atoms with Gasteiger partial charge in [-0.25, -0.2) is 10.9 Å². The number of aromatic hydroxyl groups is 2. The topological polar surface area (TPSA) is 133 Å². The lowest BCUT2D eigenvalue weighted by Crippen LogP contribution is -2.24. The lowest BCUT2D eigenvalue weighted by molar-refractivity contribution is -0.123. The van der Waals surface area contributed by atoms with E-state index in [9.17, 15) is 19.8 Å². The molecule has 9 nitrogen and oxygen atoms in total. The highest BCUT2D eigenvalue weighted by Crippen LogP contribution is 2.27. The van der Waals surface area contributed by atoms with Crippen LogP contribution in [0.1, 0.15) is 48.9 Å². The van der Waals surface area contributed by atoms with Crippen molar-refractivity contribution in [3.05, 3.63) is 149 Å². The van der Waals surface area contributed by atoms with E-state index in [0.29, 0.717) is 27.8 Å². The molecule has 0 aliphatic heterocycles. The number of phenols is 2. The molecule has 0 bridgehead atoms. The molecular weight excluding hydrogens is 688 g/mol. The Morgan fingerprint density at radius 3 is 1.77 bits per heavy atom.